The minimum absolute atomic E-state index is 0.0554. The summed E-state index contributed by atoms with van der Waals surface area (Å²) in [6.07, 6.45) is 5.38. The van der Waals surface area contributed by atoms with Crippen molar-refractivity contribution < 1.29 is 9.13 Å². The van der Waals surface area contributed by atoms with Gasteiger partial charge in [0.25, 0.3) is 0 Å². The summed E-state index contributed by atoms with van der Waals surface area (Å²) < 4.78 is 21.7. The van der Waals surface area contributed by atoms with Crippen molar-refractivity contribution in [1.29, 1.82) is 0 Å². The molecule has 0 bridgehead atoms. The Kier molecular flexibility index (Phi) is 4.31. The Bertz CT molecular complexity index is 875. The van der Waals surface area contributed by atoms with Gasteiger partial charge in [-0.3, -0.25) is 0 Å². The van der Waals surface area contributed by atoms with E-state index in [0.717, 1.165) is 25.9 Å². The summed E-state index contributed by atoms with van der Waals surface area (Å²) in [4.78, 5) is 7.99. The van der Waals surface area contributed by atoms with Crippen LogP contribution in [0.25, 0.3) is 16.9 Å². The average molecular weight is 341 g/mol. The fourth-order valence-electron chi connectivity index (χ4n) is 3.25. The van der Waals surface area contributed by atoms with E-state index < -0.39 is 5.95 Å². The highest BCUT2D eigenvalue weighted by molar-refractivity contribution is 5.62. The second-order valence-electron chi connectivity index (χ2n) is 6.36. The van der Waals surface area contributed by atoms with E-state index in [4.69, 9.17) is 4.74 Å². The molecule has 0 spiro atoms. The zero-order valence-electron chi connectivity index (χ0n) is 14.0. The zero-order valence-corrected chi connectivity index (χ0v) is 14.0. The molecule has 3 aromatic heterocycles. The lowest BCUT2D eigenvalue weighted by Gasteiger charge is -2.28. The Hall–Kier alpha value is -2.54. The summed E-state index contributed by atoms with van der Waals surface area (Å²) in [6.45, 7) is 4.10. The molecule has 0 aromatic carbocycles. The van der Waals surface area contributed by atoms with Crippen molar-refractivity contribution in [3.05, 3.63) is 42.6 Å². The average Bonchev–Trinajstić information content (AvgIpc) is 3.06. The third kappa shape index (κ3) is 3.19. The van der Waals surface area contributed by atoms with Crippen molar-refractivity contribution >= 4 is 5.65 Å². The quantitative estimate of drug-likeness (QED) is 0.739. The molecule has 1 saturated heterocycles. The number of fused-ring (bicyclic) bond motifs is 1. The zero-order chi connectivity index (χ0) is 17.2. The molecule has 1 fully saturated rings. The van der Waals surface area contributed by atoms with E-state index in [1.54, 1.807) is 28.9 Å². The van der Waals surface area contributed by atoms with E-state index in [0.29, 0.717) is 28.7 Å². The molecule has 1 aliphatic heterocycles. The lowest BCUT2D eigenvalue weighted by atomic mass is 9.95. The van der Waals surface area contributed by atoms with Gasteiger partial charge in [-0.15, -0.1) is 5.10 Å². The second kappa shape index (κ2) is 6.76. The lowest BCUT2D eigenvalue weighted by molar-refractivity contribution is 0.124. The molecular formula is C18H20FN5O. The molecule has 0 amide bonds. The maximum absolute atomic E-state index is 14.0. The number of pyridine rings is 1. The van der Waals surface area contributed by atoms with Gasteiger partial charge >= 0.3 is 0 Å². The minimum atomic E-state index is -0.543. The normalized spacial score (nSPS) is 19.0. The number of nitrogens with one attached hydrogen (secondary N) is 1. The minimum Gasteiger partial charge on any atom is -0.473 e. The smallest absolute Gasteiger partial charge is 0.232 e. The van der Waals surface area contributed by atoms with E-state index in [-0.39, 0.29) is 6.10 Å². The number of hydrogen-bond donors (Lipinski definition) is 1. The van der Waals surface area contributed by atoms with Gasteiger partial charge in [-0.2, -0.15) is 4.39 Å². The predicted octanol–water partition coefficient (Wildman–Crippen LogP) is 2.70. The first-order valence-electron chi connectivity index (χ1n) is 8.55. The second-order valence-corrected chi connectivity index (χ2v) is 6.36. The van der Waals surface area contributed by atoms with Gasteiger partial charge in [-0.05, 0) is 44.5 Å². The van der Waals surface area contributed by atoms with E-state index in [1.807, 2.05) is 6.07 Å². The van der Waals surface area contributed by atoms with Crippen LogP contribution in [0.4, 0.5) is 4.39 Å². The molecule has 2 unspecified atom stereocenters. The number of imidazole rings is 1. The largest absolute Gasteiger partial charge is 0.473 e. The highest BCUT2D eigenvalue weighted by Gasteiger charge is 2.22. The van der Waals surface area contributed by atoms with Gasteiger partial charge in [-0.1, -0.05) is 0 Å². The molecule has 0 saturated carbocycles. The van der Waals surface area contributed by atoms with Crippen LogP contribution in [0.15, 0.2) is 36.7 Å². The van der Waals surface area contributed by atoms with Crippen LogP contribution in [-0.2, 0) is 0 Å². The summed E-state index contributed by atoms with van der Waals surface area (Å²) >= 11 is 0. The van der Waals surface area contributed by atoms with Crippen molar-refractivity contribution in [2.45, 2.75) is 25.9 Å². The highest BCUT2D eigenvalue weighted by Crippen LogP contribution is 2.24. The van der Waals surface area contributed by atoms with Gasteiger partial charge in [0.2, 0.25) is 11.8 Å². The summed E-state index contributed by atoms with van der Waals surface area (Å²) in [5, 5.41) is 7.90. The SMILES string of the molecule is CC(Oc1ccc2ncc(-c3cccnc3F)n2n1)C1CCCNC1. The molecule has 4 heterocycles. The molecule has 130 valence electrons. The van der Waals surface area contributed by atoms with Gasteiger partial charge in [0.1, 0.15) is 6.10 Å². The van der Waals surface area contributed by atoms with Crippen LogP contribution in [0.2, 0.25) is 0 Å². The monoisotopic (exact) mass is 341 g/mol. The third-order valence-corrected chi connectivity index (χ3v) is 4.68. The fourth-order valence-corrected chi connectivity index (χ4v) is 3.25. The molecule has 6 nitrogen and oxygen atoms in total. The topological polar surface area (TPSA) is 64.3 Å². The number of ether oxygens (including phenoxy) is 1. The van der Waals surface area contributed by atoms with Gasteiger partial charge in [0, 0.05) is 24.7 Å². The number of nitrogens with zero attached hydrogens (tertiary/aromatic N) is 4. The molecule has 25 heavy (non-hydrogen) atoms. The first-order chi connectivity index (χ1) is 12.2. The van der Waals surface area contributed by atoms with E-state index >= 15 is 0 Å². The van der Waals surface area contributed by atoms with Crippen LogP contribution >= 0.6 is 0 Å². The predicted molar refractivity (Wildman–Crippen MR) is 91.9 cm³/mol. The van der Waals surface area contributed by atoms with Gasteiger partial charge in [0.15, 0.2) is 5.65 Å². The first-order valence-corrected chi connectivity index (χ1v) is 8.55. The molecule has 3 aromatic rings. The third-order valence-electron chi connectivity index (χ3n) is 4.68. The van der Waals surface area contributed by atoms with E-state index in [1.165, 1.54) is 6.20 Å². The van der Waals surface area contributed by atoms with Crippen LogP contribution in [0.1, 0.15) is 19.8 Å². The molecule has 0 radical (unpaired) electrons. The summed E-state index contributed by atoms with van der Waals surface area (Å²) in [6, 6.07) is 6.98. The number of aromatic nitrogens is 4. The van der Waals surface area contributed by atoms with E-state index in [9.17, 15) is 4.39 Å². The van der Waals surface area contributed by atoms with Crippen molar-refractivity contribution in [3.63, 3.8) is 0 Å². The molecule has 4 rings (SSSR count). The molecule has 2 atom stereocenters. The van der Waals surface area contributed by atoms with Gasteiger partial charge in [0.05, 0.1) is 17.5 Å². The van der Waals surface area contributed by atoms with Gasteiger partial charge in [-0.25, -0.2) is 14.5 Å². The van der Waals surface area contributed by atoms with Crippen LogP contribution in [-0.4, -0.2) is 38.8 Å². The van der Waals surface area contributed by atoms with Crippen molar-refractivity contribution in [1.82, 2.24) is 24.9 Å². The van der Waals surface area contributed by atoms with Crippen molar-refractivity contribution in [2.24, 2.45) is 5.92 Å². The van der Waals surface area contributed by atoms with Crippen LogP contribution in [0, 0.1) is 11.9 Å². The molecule has 1 N–H and O–H groups in total. The van der Waals surface area contributed by atoms with Crippen molar-refractivity contribution in [2.75, 3.05) is 13.1 Å². The first kappa shape index (κ1) is 16.0. The summed E-state index contributed by atoms with van der Waals surface area (Å²) in [5.41, 5.74) is 1.56. The van der Waals surface area contributed by atoms with Crippen LogP contribution in [0.3, 0.4) is 0 Å². The number of hydrogen-bond acceptors (Lipinski definition) is 5. The van der Waals surface area contributed by atoms with Crippen LogP contribution < -0.4 is 10.1 Å². The summed E-state index contributed by atoms with van der Waals surface area (Å²) in [5.74, 6) is 0.428. The number of halogens is 1. The lowest BCUT2D eigenvalue weighted by Crippen LogP contribution is -2.38. The van der Waals surface area contributed by atoms with Crippen molar-refractivity contribution in [3.8, 4) is 17.1 Å². The van der Waals surface area contributed by atoms with E-state index in [2.05, 4.69) is 27.3 Å². The maximum atomic E-state index is 14.0. The number of piperidine rings is 1. The van der Waals surface area contributed by atoms with Gasteiger partial charge < -0.3 is 10.1 Å². The highest BCUT2D eigenvalue weighted by atomic mass is 19.1. The fraction of sp³-hybridized carbons (Fsp3) is 0.389. The maximum Gasteiger partial charge on any atom is 0.232 e. The Balaban J connectivity index is 1.63. The Morgan fingerprint density at radius 3 is 3.04 bits per heavy atom. The Morgan fingerprint density at radius 2 is 2.24 bits per heavy atom. The molecule has 1 aliphatic rings. The molecule has 0 aliphatic carbocycles. The molecular weight excluding hydrogens is 321 g/mol. The van der Waals surface area contributed by atoms with Crippen LogP contribution in [0.5, 0.6) is 5.88 Å². The molecule has 7 heteroatoms. The summed E-state index contributed by atoms with van der Waals surface area (Å²) in [7, 11) is 0. The number of rotatable bonds is 4. The Morgan fingerprint density at radius 1 is 1.32 bits per heavy atom. The standard InChI is InChI=1S/C18H20FN5O/c1-12(13-4-2-8-20-10-13)25-17-7-6-16-22-11-15(24(16)23-17)14-5-3-9-21-18(14)19/h3,5-7,9,11-13,20H,2,4,8,10H2,1H3. The Labute approximate surface area is 145 Å².